The normalized spacial score (nSPS) is 16.7. The first-order valence-corrected chi connectivity index (χ1v) is 21.1. The Balaban J connectivity index is 0.000000275. The number of hydrogen-bond donors (Lipinski definition) is 2. The van der Waals surface area contributed by atoms with Crippen LogP contribution in [-0.4, -0.2) is 67.5 Å². The van der Waals surface area contributed by atoms with Crippen molar-refractivity contribution in [3.8, 4) is 0 Å². The summed E-state index contributed by atoms with van der Waals surface area (Å²) in [5.41, 5.74) is 1.69. The first kappa shape index (κ1) is 45.1. The molecule has 5 aromatic rings. The molecule has 0 radical (unpaired) electrons. The quantitative estimate of drug-likeness (QED) is 0.230. The van der Waals surface area contributed by atoms with Crippen LogP contribution in [0.5, 0.6) is 0 Å². The number of carboxylic acids is 4. The summed E-state index contributed by atoms with van der Waals surface area (Å²) >= 11 is 12.4. The van der Waals surface area contributed by atoms with E-state index < -0.39 is 67.7 Å². The summed E-state index contributed by atoms with van der Waals surface area (Å²) in [5.74, 6) is -5.89. The molecule has 1 aliphatic carbocycles. The van der Waals surface area contributed by atoms with E-state index in [0.717, 1.165) is 10.0 Å². The lowest BCUT2D eigenvalue weighted by molar-refractivity contribution is -0.378. The molecule has 1 saturated carbocycles. The van der Waals surface area contributed by atoms with Gasteiger partial charge in [0.1, 0.15) is 0 Å². The maximum absolute atomic E-state index is 10.7. The monoisotopic (exact) mass is 840 g/mol. The SMILES string of the molecule is CS(C)=O.CS(C)=O.Clc1ccc(C2C(c3cc[nH+]cc3)C(c3ccc(Cl)cc3)C2c2cc[nH+]cc2)cc1.O=C([O-])c1cc(C(=O)[O-])c(C(=O)O)cc1C(=O)O. The Bertz CT molecular complexity index is 1970. The number of benzene rings is 3. The minimum absolute atomic E-state index is 0.354. The highest BCUT2D eigenvalue weighted by Crippen LogP contribution is 2.66. The van der Waals surface area contributed by atoms with Gasteiger partial charge in [-0.3, -0.25) is 8.42 Å². The molecule has 12 nitrogen and oxygen atoms in total. The summed E-state index contributed by atoms with van der Waals surface area (Å²) in [6.07, 6.45) is 14.6. The number of carbonyl (C=O) groups is 4. The predicted molar refractivity (Wildman–Crippen MR) is 209 cm³/mol. The van der Waals surface area contributed by atoms with Crippen LogP contribution in [0.4, 0.5) is 0 Å². The molecule has 6 rings (SSSR count). The molecule has 2 heterocycles. The molecule has 0 aliphatic heterocycles. The minimum atomic E-state index is -1.94. The summed E-state index contributed by atoms with van der Waals surface area (Å²) in [6.45, 7) is 0. The van der Waals surface area contributed by atoms with Gasteiger partial charge in [-0.1, -0.05) is 47.5 Å². The third kappa shape index (κ3) is 12.4. The fourth-order valence-electron chi connectivity index (χ4n) is 6.31. The average Bonchev–Trinajstić information content (AvgIpc) is 3.13. The lowest BCUT2D eigenvalue weighted by Gasteiger charge is -2.53. The van der Waals surface area contributed by atoms with E-state index in [9.17, 15) is 37.8 Å². The number of carbonyl (C=O) groups excluding carboxylic acids is 2. The van der Waals surface area contributed by atoms with E-state index in [1.165, 1.54) is 22.3 Å². The van der Waals surface area contributed by atoms with Crippen molar-refractivity contribution in [2.45, 2.75) is 23.7 Å². The molecular weight excluding hydrogens is 803 g/mol. The fraction of sp³-hybridized carbons (Fsp3) is 0.200. The van der Waals surface area contributed by atoms with Gasteiger partial charge in [0.05, 0.1) is 23.1 Å². The summed E-state index contributed by atoms with van der Waals surface area (Å²) < 4.78 is 19.1. The molecule has 1 aliphatic rings. The van der Waals surface area contributed by atoms with Gasteiger partial charge in [-0.05, 0) is 82.3 Å². The van der Waals surface area contributed by atoms with Gasteiger partial charge < -0.3 is 30.0 Å². The topological polar surface area (TPSA) is 217 Å². The second-order valence-electron chi connectivity index (χ2n) is 12.5. The van der Waals surface area contributed by atoms with Gasteiger partial charge in [-0.15, -0.1) is 0 Å². The summed E-state index contributed by atoms with van der Waals surface area (Å²) in [6, 6.07) is 26.3. The van der Waals surface area contributed by atoms with Gasteiger partial charge in [0, 0.05) is 92.1 Å². The number of hydrogen-bond acceptors (Lipinski definition) is 8. The minimum Gasteiger partial charge on any atom is -0.545 e. The Hall–Kier alpha value is -5.28. The third-order valence-corrected chi connectivity index (χ3v) is 8.88. The Labute approximate surface area is 338 Å². The van der Waals surface area contributed by atoms with Gasteiger partial charge in [0.25, 0.3) is 0 Å². The number of aromatic carboxylic acids is 4. The molecule has 2 aromatic heterocycles. The molecule has 1 fully saturated rings. The molecule has 0 saturated heterocycles. The summed E-state index contributed by atoms with van der Waals surface area (Å²) in [4.78, 5) is 49.1. The highest BCUT2D eigenvalue weighted by atomic mass is 35.5. The average molecular weight is 842 g/mol. The number of carboxylic acid groups (broad SMARTS) is 4. The number of pyridine rings is 2. The van der Waals surface area contributed by atoms with E-state index in [1.807, 2.05) is 49.1 Å². The fourth-order valence-corrected chi connectivity index (χ4v) is 6.56. The molecule has 0 spiro atoms. The number of aromatic amines is 2. The lowest BCUT2D eigenvalue weighted by Crippen LogP contribution is -2.40. The van der Waals surface area contributed by atoms with E-state index in [2.05, 4.69) is 58.5 Å². The Morgan fingerprint density at radius 2 is 0.732 bits per heavy atom. The highest BCUT2D eigenvalue weighted by Gasteiger charge is 2.52. The van der Waals surface area contributed by atoms with Gasteiger partial charge in [0.15, 0.2) is 24.8 Å². The summed E-state index contributed by atoms with van der Waals surface area (Å²) in [7, 11) is -1.22. The molecule has 0 bridgehead atoms. The first-order valence-electron chi connectivity index (χ1n) is 16.4. The van der Waals surface area contributed by atoms with Crippen LogP contribution in [0.2, 0.25) is 10.0 Å². The second-order valence-corrected chi connectivity index (χ2v) is 16.3. The zero-order valence-corrected chi connectivity index (χ0v) is 33.6. The smallest absolute Gasteiger partial charge is 0.336 e. The maximum Gasteiger partial charge on any atom is 0.336 e. The van der Waals surface area contributed by atoms with Crippen LogP contribution in [0.3, 0.4) is 0 Å². The van der Waals surface area contributed by atoms with E-state index in [0.29, 0.717) is 35.8 Å². The molecule has 0 amide bonds. The largest absolute Gasteiger partial charge is 0.545 e. The molecule has 294 valence electrons. The van der Waals surface area contributed by atoms with E-state index in [1.54, 1.807) is 25.0 Å². The van der Waals surface area contributed by atoms with Crippen LogP contribution in [0.25, 0.3) is 0 Å². The van der Waals surface area contributed by atoms with Crippen molar-refractivity contribution >= 4 is 68.7 Å². The molecule has 4 N–H and O–H groups in total. The third-order valence-electron chi connectivity index (χ3n) is 8.37. The van der Waals surface area contributed by atoms with Gasteiger partial charge >= 0.3 is 11.9 Å². The standard InChI is InChI=1S/C26H20Cl2N2.C10H6O8.2C2H6OS/c27-21-5-1-17(2-6-21)23-25(19-9-13-29-14-10-19)24(18-3-7-22(28)8-4-18)26(23)20-11-15-30-16-12-20;11-7(12)3-1-4(8(13)14)6(10(17)18)2-5(3)9(15)16;2*1-4(2)3/h1-16,23-26H;1-2H,(H,11,12)(H,13,14)(H,15,16)(H,17,18);2*1-2H3. The van der Waals surface area contributed by atoms with E-state index in [4.69, 9.17) is 33.4 Å². The van der Waals surface area contributed by atoms with Gasteiger partial charge in [-0.2, -0.15) is 0 Å². The van der Waals surface area contributed by atoms with Crippen LogP contribution < -0.4 is 20.2 Å². The van der Waals surface area contributed by atoms with Crippen LogP contribution in [0, 0.1) is 0 Å². The number of H-pyrrole nitrogens is 2. The molecule has 0 atom stereocenters. The van der Waals surface area contributed by atoms with Crippen LogP contribution >= 0.6 is 23.2 Å². The molecule has 16 heteroatoms. The Kier molecular flexibility index (Phi) is 17.0. The van der Waals surface area contributed by atoms with Crippen molar-refractivity contribution in [3.05, 3.63) is 164 Å². The van der Waals surface area contributed by atoms with Crippen LogP contribution in [-0.2, 0) is 21.6 Å². The van der Waals surface area contributed by atoms with Crippen molar-refractivity contribution in [1.82, 2.24) is 0 Å². The second kappa shape index (κ2) is 21.1. The zero-order valence-electron chi connectivity index (χ0n) is 30.4. The molecule has 3 aromatic carbocycles. The van der Waals surface area contributed by atoms with Crippen molar-refractivity contribution in [1.29, 1.82) is 0 Å². The van der Waals surface area contributed by atoms with Crippen molar-refractivity contribution in [2.75, 3.05) is 25.0 Å². The van der Waals surface area contributed by atoms with E-state index in [-0.39, 0.29) is 0 Å². The predicted octanol–water partition coefficient (Wildman–Crippen LogP) is 3.87. The number of rotatable bonds is 8. The Morgan fingerprint density at radius 3 is 0.964 bits per heavy atom. The first-order chi connectivity index (χ1) is 26.4. The van der Waals surface area contributed by atoms with Crippen LogP contribution in [0.15, 0.2) is 110 Å². The number of halogens is 2. The van der Waals surface area contributed by atoms with Crippen LogP contribution in [0.1, 0.15) is 87.4 Å². The van der Waals surface area contributed by atoms with Gasteiger partial charge in [0.2, 0.25) is 0 Å². The molecular formula is C40H38Cl2N2O10S2. The van der Waals surface area contributed by atoms with Crippen molar-refractivity contribution in [2.24, 2.45) is 0 Å². The highest BCUT2D eigenvalue weighted by molar-refractivity contribution is 7.83. The zero-order chi connectivity index (χ0) is 41.7. The van der Waals surface area contributed by atoms with Crippen molar-refractivity contribution in [3.63, 3.8) is 0 Å². The number of aromatic nitrogens is 2. The van der Waals surface area contributed by atoms with E-state index >= 15 is 0 Å². The maximum atomic E-state index is 10.7. The molecule has 56 heavy (non-hydrogen) atoms. The molecule has 0 unspecified atom stereocenters. The number of nitrogens with one attached hydrogen (secondary N) is 2. The van der Waals surface area contributed by atoms with Gasteiger partial charge in [-0.25, -0.2) is 19.6 Å². The summed E-state index contributed by atoms with van der Waals surface area (Å²) in [5, 5.41) is 40.2. The lowest BCUT2D eigenvalue weighted by atomic mass is 9.49. The Morgan fingerprint density at radius 1 is 0.500 bits per heavy atom. The van der Waals surface area contributed by atoms with Crippen molar-refractivity contribution < 1.29 is 58.0 Å².